The van der Waals surface area contributed by atoms with Gasteiger partial charge in [0.25, 0.3) is 5.91 Å². The maximum atomic E-state index is 13.2. The van der Waals surface area contributed by atoms with Crippen molar-refractivity contribution in [2.45, 2.75) is 64.8 Å². The van der Waals surface area contributed by atoms with E-state index < -0.39 is 23.8 Å². The molecule has 1 aliphatic rings. The minimum Gasteiger partial charge on any atom is -0.480 e. The Labute approximate surface area is 181 Å². The van der Waals surface area contributed by atoms with Crippen LogP contribution in [-0.2, 0) is 9.59 Å². The number of carboxylic acids is 1. The number of aliphatic carboxylic acids is 1. The molecule has 0 unspecified atom stereocenters. The summed E-state index contributed by atoms with van der Waals surface area (Å²) < 4.78 is 0. The summed E-state index contributed by atoms with van der Waals surface area (Å²) in [6.45, 7) is 3.75. The summed E-state index contributed by atoms with van der Waals surface area (Å²) in [5.74, 6) is -2.03. The van der Waals surface area contributed by atoms with Gasteiger partial charge in [0.2, 0.25) is 5.91 Å². The van der Waals surface area contributed by atoms with E-state index in [4.69, 9.17) is 23.2 Å². The van der Waals surface area contributed by atoms with Gasteiger partial charge in [-0.15, -0.1) is 0 Å². The van der Waals surface area contributed by atoms with Crippen molar-refractivity contribution in [2.75, 3.05) is 0 Å². The van der Waals surface area contributed by atoms with Gasteiger partial charge in [-0.25, -0.2) is 10.4 Å². The number of nitrogens with zero attached hydrogens (tertiary/aromatic N) is 1. The van der Waals surface area contributed by atoms with E-state index in [1.165, 1.54) is 12.1 Å². The highest BCUT2D eigenvalue weighted by Crippen LogP contribution is 2.28. The molecule has 2 N–H and O–H groups in total. The van der Waals surface area contributed by atoms with Crippen molar-refractivity contribution < 1.29 is 19.5 Å². The number of nitrogens with one attached hydrogen (secondary N) is 1. The first kappa shape index (κ1) is 23.6. The molecule has 160 valence electrons. The van der Waals surface area contributed by atoms with Crippen molar-refractivity contribution in [3.8, 4) is 0 Å². The number of imide groups is 1. The minimum atomic E-state index is -1.13. The van der Waals surface area contributed by atoms with Gasteiger partial charge in [0.15, 0.2) is 0 Å². The summed E-state index contributed by atoms with van der Waals surface area (Å²) in [5.41, 5.74) is 2.71. The van der Waals surface area contributed by atoms with Crippen LogP contribution >= 0.6 is 23.2 Å². The lowest BCUT2D eigenvalue weighted by atomic mass is 9.87. The summed E-state index contributed by atoms with van der Waals surface area (Å²) >= 11 is 12.2. The van der Waals surface area contributed by atoms with Gasteiger partial charge in [-0.05, 0) is 49.3 Å². The average Bonchev–Trinajstić information content (AvgIpc) is 2.66. The topological polar surface area (TPSA) is 86.7 Å². The molecule has 6 nitrogen and oxygen atoms in total. The lowest BCUT2D eigenvalue weighted by Crippen LogP contribution is -2.54. The van der Waals surface area contributed by atoms with E-state index in [0.717, 1.165) is 37.1 Å². The Balaban J connectivity index is 2.29. The Morgan fingerprint density at radius 3 is 2.41 bits per heavy atom. The summed E-state index contributed by atoms with van der Waals surface area (Å²) in [5, 5.41) is 10.8. The Kier molecular flexibility index (Phi) is 8.93. The van der Waals surface area contributed by atoms with E-state index >= 15 is 0 Å². The molecule has 0 bridgehead atoms. The first-order chi connectivity index (χ1) is 13.7. The predicted octanol–water partition coefficient (Wildman–Crippen LogP) is 4.94. The molecule has 1 aromatic carbocycles. The highest BCUT2D eigenvalue weighted by Gasteiger charge is 2.32. The number of hydrogen-bond donors (Lipinski definition) is 2. The van der Waals surface area contributed by atoms with Gasteiger partial charge in [-0.3, -0.25) is 14.4 Å². The third-order valence-corrected chi connectivity index (χ3v) is 5.65. The molecule has 1 aliphatic carbocycles. The van der Waals surface area contributed by atoms with E-state index in [0.29, 0.717) is 5.02 Å². The fourth-order valence-electron chi connectivity index (χ4n) is 3.59. The maximum Gasteiger partial charge on any atom is 0.322 e. The first-order valence-corrected chi connectivity index (χ1v) is 10.8. The van der Waals surface area contributed by atoms with Crippen molar-refractivity contribution in [2.24, 2.45) is 11.8 Å². The van der Waals surface area contributed by atoms with Gasteiger partial charge >= 0.3 is 5.97 Å². The van der Waals surface area contributed by atoms with Crippen molar-refractivity contribution in [3.05, 3.63) is 33.8 Å². The smallest absolute Gasteiger partial charge is 0.322 e. The van der Waals surface area contributed by atoms with Crippen LogP contribution in [-0.4, -0.2) is 33.9 Å². The molecule has 2 rings (SSSR count). The zero-order valence-corrected chi connectivity index (χ0v) is 18.3. The summed E-state index contributed by atoms with van der Waals surface area (Å²) in [4.78, 5) is 37.9. The molecule has 0 saturated heterocycles. The number of rotatable bonds is 8. The lowest BCUT2D eigenvalue weighted by Gasteiger charge is -2.29. The number of halogens is 2. The number of carbonyl (C=O) groups is 3. The molecule has 2 amide bonds. The van der Waals surface area contributed by atoms with Crippen LogP contribution < -0.4 is 5.43 Å². The number of hydrazine groups is 1. The van der Waals surface area contributed by atoms with Gasteiger partial charge in [0.1, 0.15) is 6.04 Å². The molecule has 0 heterocycles. The molecule has 0 radical (unpaired) electrons. The second-order valence-electron chi connectivity index (χ2n) is 8.02. The molecule has 0 spiro atoms. The number of benzene rings is 1. The highest BCUT2D eigenvalue weighted by atomic mass is 35.5. The van der Waals surface area contributed by atoms with Crippen molar-refractivity contribution in [1.82, 2.24) is 10.4 Å². The standard InChI is InChI=1S/C21H28Cl2N2O4/c1-13(2)10-18(21(28)29)24-25(19(26)11-14-6-4-3-5-7-14)20(27)16-12-15(22)8-9-17(16)23/h8-9,12-14,18,24H,3-7,10-11H2,1-2H3,(H,28,29)/t18-/m1/s1. The van der Waals surface area contributed by atoms with E-state index in [-0.39, 0.29) is 35.3 Å². The molecule has 8 heteroatoms. The van der Waals surface area contributed by atoms with Crippen LogP contribution in [0.4, 0.5) is 0 Å². The van der Waals surface area contributed by atoms with Gasteiger partial charge in [0, 0.05) is 11.4 Å². The monoisotopic (exact) mass is 442 g/mol. The fraction of sp³-hybridized carbons (Fsp3) is 0.571. The number of carboxylic acid groups (broad SMARTS) is 1. The third-order valence-electron chi connectivity index (χ3n) is 5.09. The Hall–Kier alpha value is -1.63. The minimum absolute atomic E-state index is 0.0531. The molecular weight excluding hydrogens is 415 g/mol. The molecule has 0 aromatic heterocycles. The molecule has 1 aromatic rings. The number of hydrogen-bond acceptors (Lipinski definition) is 4. The third kappa shape index (κ3) is 6.98. The SMILES string of the molecule is CC(C)C[C@@H](NN(C(=O)CC1CCCCC1)C(=O)c1cc(Cl)ccc1Cl)C(=O)O. The molecule has 0 aliphatic heterocycles. The highest BCUT2D eigenvalue weighted by molar-refractivity contribution is 6.36. The van der Waals surface area contributed by atoms with Crippen molar-refractivity contribution >= 4 is 41.0 Å². The van der Waals surface area contributed by atoms with E-state index in [2.05, 4.69) is 5.43 Å². The molecule has 1 atom stereocenters. The van der Waals surface area contributed by atoms with Gasteiger partial charge in [-0.2, -0.15) is 0 Å². The fourth-order valence-corrected chi connectivity index (χ4v) is 3.96. The lowest BCUT2D eigenvalue weighted by molar-refractivity contribution is -0.143. The second-order valence-corrected chi connectivity index (χ2v) is 8.86. The van der Waals surface area contributed by atoms with Gasteiger partial charge in [-0.1, -0.05) is 56.3 Å². The van der Waals surface area contributed by atoms with Crippen LogP contribution in [0.15, 0.2) is 18.2 Å². The Bertz CT molecular complexity index is 748. The van der Waals surface area contributed by atoms with Crippen LogP contribution in [0.25, 0.3) is 0 Å². The van der Waals surface area contributed by atoms with Crippen LogP contribution in [0.3, 0.4) is 0 Å². The molecule has 1 saturated carbocycles. The van der Waals surface area contributed by atoms with Crippen LogP contribution in [0.5, 0.6) is 0 Å². The van der Waals surface area contributed by atoms with Crippen molar-refractivity contribution in [1.29, 1.82) is 0 Å². The summed E-state index contributed by atoms with van der Waals surface area (Å²) in [7, 11) is 0. The quantitative estimate of drug-likeness (QED) is 0.556. The Morgan fingerprint density at radius 2 is 1.83 bits per heavy atom. The summed E-state index contributed by atoms with van der Waals surface area (Å²) in [6.07, 6.45) is 5.58. The van der Waals surface area contributed by atoms with Crippen molar-refractivity contribution in [3.63, 3.8) is 0 Å². The Morgan fingerprint density at radius 1 is 1.17 bits per heavy atom. The average molecular weight is 443 g/mol. The molecule has 1 fully saturated rings. The first-order valence-electron chi connectivity index (χ1n) is 10.00. The van der Waals surface area contributed by atoms with E-state index in [9.17, 15) is 19.5 Å². The van der Waals surface area contributed by atoms with Crippen LogP contribution in [0.2, 0.25) is 10.0 Å². The second kappa shape index (κ2) is 11.0. The number of amides is 2. The molecular formula is C21H28Cl2N2O4. The molecule has 29 heavy (non-hydrogen) atoms. The van der Waals surface area contributed by atoms with Crippen LogP contribution in [0, 0.1) is 11.8 Å². The predicted molar refractivity (Wildman–Crippen MR) is 113 cm³/mol. The van der Waals surface area contributed by atoms with E-state index in [1.54, 1.807) is 6.07 Å². The number of carbonyl (C=O) groups excluding carboxylic acids is 2. The van der Waals surface area contributed by atoms with E-state index in [1.807, 2.05) is 13.8 Å². The zero-order valence-electron chi connectivity index (χ0n) is 16.8. The van der Waals surface area contributed by atoms with Gasteiger partial charge in [0.05, 0.1) is 10.6 Å². The summed E-state index contributed by atoms with van der Waals surface area (Å²) in [6, 6.07) is 3.32. The van der Waals surface area contributed by atoms with Crippen LogP contribution in [0.1, 0.15) is 69.2 Å². The zero-order chi connectivity index (χ0) is 21.6. The maximum absolute atomic E-state index is 13.2. The van der Waals surface area contributed by atoms with Gasteiger partial charge < -0.3 is 5.11 Å². The largest absolute Gasteiger partial charge is 0.480 e. The normalized spacial score (nSPS) is 15.9.